The van der Waals surface area contributed by atoms with Gasteiger partial charge in [-0.3, -0.25) is 0 Å². The van der Waals surface area contributed by atoms with Crippen LogP contribution in [-0.2, 0) is 10.8 Å². The Morgan fingerprint density at radius 1 is 0.389 bits per heavy atom. The molecule has 11 rings (SSSR count). The van der Waals surface area contributed by atoms with E-state index in [1.54, 1.807) is 0 Å². The largest absolute Gasteiger partial charge is 0.456 e. The van der Waals surface area contributed by atoms with Crippen LogP contribution in [0.2, 0.25) is 0 Å². The Morgan fingerprint density at radius 2 is 0.870 bits per heavy atom. The van der Waals surface area contributed by atoms with E-state index < -0.39 is 5.41 Å². The second-order valence-corrected chi connectivity index (χ2v) is 15.3. The zero-order valence-corrected chi connectivity index (χ0v) is 30.3. The minimum atomic E-state index is -0.551. The van der Waals surface area contributed by atoms with Crippen molar-refractivity contribution in [1.29, 1.82) is 0 Å². The molecule has 2 aliphatic carbocycles. The summed E-state index contributed by atoms with van der Waals surface area (Å²) in [7, 11) is 0. The van der Waals surface area contributed by atoms with Gasteiger partial charge in [-0.1, -0.05) is 135 Å². The highest BCUT2D eigenvalue weighted by molar-refractivity contribution is 6.07. The van der Waals surface area contributed by atoms with Crippen molar-refractivity contribution in [3.8, 4) is 22.3 Å². The summed E-state index contributed by atoms with van der Waals surface area (Å²) in [5, 5.41) is 2.29. The minimum Gasteiger partial charge on any atom is -0.456 e. The number of fused-ring (bicyclic) bond motifs is 3. The lowest BCUT2D eigenvalue weighted by molar-refractivity contribution is 0.652. The summed E-state index contributed by atoms with van der Waals surface area (Å²) >= 11 is 0. The first-order chi connectivity index (χ1) is 26.5. The molecule has 1 aromatic heterocycles. The molecule has 0 aliphatic heterocycles. The highest BCUT2D eigenvalue weighted by Crippen LogP contribution is 2.66. The average Bonchev–Trinajstić information content (AvgIpc) is 3.82. The number of furan rings is 1. The second-order valence-electron chi connectivity index (χ2n) is 15.3. The summed E-state index contributed by atoms with van der Waals surface area (Å²) in [6, 6.07) is 68.9. The number of anilines is 3. The summed E-state index contributed by atoms with van der Waals surface area (Å²) in [5.74, 6) is 0. The molecule has 0 saturated heterocycles. The highest BCUT2D eigenvalue weighted by Gasteiger charge is 2.53. The molecule has 9 aromatic rings. The Kier molecular flexibility index (Phi) is 6.55. The third-order valence-electron chi connectivity index (χ3n) is 12.1. The maximum absolute atomic E-state index is 6.27. The number of para-hydroxylation sites is 3. The molecule has 8 aromatic carbocycles. The van der Waals surface area contributed by atoms with E-state index in [0.717, 1.165) is 39.0 Å². The van der Waals surface area contributed by atoms with Crippen LogP contribution in [0.1, 0.15) is 47.2 Å². The van der Waals surface area contributed by atoms with Gasteiger partial charge in [0.05, 0.1) is 5.41 Å². The standard InChI is InChI=1S/C52H37NO/c1-51(2)43-30-35(34-27-28-48-42(29-34)41-25-15-16-26-47(41)54-48)31-45-49(43)50-44(51)32-40(53(38-21-11-5-12-22-38)39-23-13-6-14-24-39)33-46(50)52(45,36-17-7-3-8-18-36)37-19-9-4-10-20-37/h3-33H,1-2H3. The molecule has 256 valence electrons. The number of nitrogens with zero attached hydrogens (tertiary/aromatic N) is 1. The van der Waals surface area contributed by atoms with Gasteiger partial charge in [-0.2, -0.15) is 0 Å². The van der Waals surface area contributed by atoms with Crippen LogP contribution >= 0.6 is 0 Å². The van der Waals surface area contributed by atoms with Crippen molar-refractivity contribution in [2.45, 2.75) is 24.7 Å². The smallest absolute Gasteiger partial charge is 0.135 e. The molecule has 2 aliphatic rings. The summed E-state index contributed by atoms with van der Waals surface area (Å²) in [4.78, 5) is 2.42. The van der Waals surface area contributed by atoms with Gasteiger partial charge in [0.2, 0.25) is 0 Å². The van der Waals surface area contributed by atoms with Crippen LogP contribution in [0.5, 0.6) is 0 Å². The minimum absolute atomic E-state index is 0.245. The zero-order valence-electron chi connectivity index (χ0n) is 30.3. The van der Waals surface area contributed by atoms with Gasteiger partial charge in [0, 0.05) is 33.2 Å². The number of hydrogen-bond donors (Lipinski definition) is 0. The lowest BCUT2D eigenvalue weighted by Gasteiger charge is -2.37. The normalized spacial score (nSPS) is 14.4. The number of benzene rings is 8. The van der Waals surface area contributed by atoms with Crippen LogP contribution in [0, 0.1) is 0 Å². The first-order valence-corrected chi connectivity index (χ1v) is 18.8. The van der Waals surface area contributed by atoms with E-state index in [1.165, 1.54) is 55.6 Å². The third kappa shape index (κ3) is 4.22. The van der Waals surface area contributed by atoms with Crippen molar-refractivity contribution in [3.05, 3.63) is 221 Å². The molecule has 54 heavy (non-hydrogen) atoms. The SMILES string of the molecule is CC1(C)c2cc(-c3ccc4oc5ccccc5c4c3)cc3c2-c2c1cc(N(c1ccccc1)c1ccccc1)cc2C3(c1ccccc1)c1ccccc1. The fraction of sp³-hybridized carbons (Fsp3) is 0.0769. The van der Waals surface area contributed by atoms with E-state index in [-0.39, 0.29) is 5.41 Å². The van der Waals surface area contributed by atoms with Crippen molar-refractivity contribution in [2.24, 2.45) is 0 Å². The maximum atomic E-state index is 6.27. The lowest BCUT2D eigenvalue weighted by atomic mass is 9.65. The van der Waals surface area contributed by atoms with Crippen LogP contribution in [-0.4, -0.2) is 0 Å². The van der Waals surface area contributed by atoms with Crippen LogP contribution in [0.15, 0.2) is 192 Å². The molecule has 0 radical (unpaired) electrons. The Hall–Kier alpha value is -6.64. The molecule has 2 heteroatoms. The van der Waals surface area contributed by atoms with Crippen molar-refractivity contribution in [3.63, 3.8) is 0 Å². The highest BCUT2D eigenvalue weighted by atomic mass is 16.3. The molecule has 0 amide bonds. The number of hydrogen-bond acceptors (Lipinski definition) is 2. The van der Waals surface area contributed by atoms with Crippen LogP contribution in [0.4, 0.5) is 17.1 Å². The third-order valence-corrected chi connectivity index (χ3v) is 12.1. The van der Waals surface area contributed by atoms with Crippen LogP contribution in [0.3, 0.4) is 0 Å². The predicted molar refractivity (Wildman–Crippen MR) is 223 cm³/mol. The molecular weight excluding hydrogens is 655 g/mol. The van der Waals surface area contributed by atoms with E-state index >= 15 is 0 Å². The summed E-state index contributed by atoms with van der Waals surface area (Å²) in [6.07, 6.45) is 0. The van der Waals surface area contributed by atoms with Crippen molar-refractivity contribution in [1.82, 2.24) is 0 Å². The molecule has 0 spiro atoms. The molecule has 0 N–H and O–H groups in total. The molecule has 0 atom stereocenters. The van der Waals surface area contributed by atoms with Crippen molar-refractivity contribution < 1.29 is 4.42 Å². The monoisotopic (exact) mass is 691 g/mol. The van der Waals surface area contributed by atoms with E-state index in [4.69, 9.17) is 4.42 Å². The first kappa shape index (κ1) is 30.9. The summed E-state index contributed by atoms with van der Waals surface area (Å²) in [6.45, 7) is 4.83. The first-order valence-electron chi connectivity index (χ1n) is 18.8. The number of rotatable bonds is 6. The molecule has 0 bridgehead atoms. The fourth-order valence-electron chi connectivity index (χ4n) is 9.64. The predicted octanol–water partition coefficient (Wildman–Crippen LogP) is 13.7. The topological polar surface area (TPSA) is 16.4 Å². The van der Waals surface area contributed by atoms with Crippen LogP contribution in [0.25, 0.3) is 44.2 Å². The van der Waals surface area contributed by atoms with Gasteiger partial charge in [-0.25, -0.2) is 0 Å². The molecule has 2 nitrogen and oxygen atoms in total. The van der Waals surface area contributed by atoms with Gasteiger partial charge in [0.15, 0.2) is 0 Å². The Morgan fingerprint density at radius 3 is 1.50 bits per heavy atom. The van der Waals surface area contributed by atoms with E-state index in [1.807, 2.05) is 6.07 Å². The van der Waals surface area contributed by atoms with E-state index in [2.05, 4.69) is 201 Å². The van der Waals surface area contributed by atoms with Crippen LogP contribution < -0.4 is 4.90 Å². The fourth-order valence-corrected chi connectivity index (χ4v) is 9.64. The molecular formula is C52H37NO. The van der Waals surface area contributed by atoms with Gasteiger partial charge < -0.3 is 9.32 Å². The summed E-state index contributed by atoms with van der Waals surface area (Å²) in [5.41, 5.74) is 17.6. The zero-order chi connectivity index (χ0) is 36.0. The van der Waals surface area contributed by atoms with Gasteiger partial charge in [-0.15, -0.1) is 0 Å². The lowest BCUT2D eigenvalue weighted by Crippen LogP contribution is -2.30. The average molecular weight is 692 g/mol. The van der Waals surface area contributed by atoms with Gasteiger partial charge >= 0.3 is 0 Å². The van der Waals surface area contributed by atoms with Crippen molar-refractivity contribution in [2.75, 3.05) is 4.90 Å². The van der Waals surface area contributed by atoms with Gasteiger partial charge in [-0.05, 0) is 122 Å². The Labute approximate surface area is 315 Å². The quantitative estimate of drug-likeness (QED) is 0.173. The molecule has 1 heterocycles. The van der Waals surface area contributed by atoms with Gasteiger partial charge in [0.1, 0.15) is 11.2 Å². The Bertz CT molecular complexity index is 2810. The molecule has 0 fully saturated rings. The van der Waals surface area contributed by atoms with E-state index in [0.29, 0.717) is 0 Å². The second kappa shape index (κ2) is 11.4. The Balaban J connectivity index is 1.24. The molecule has 0 saturated carbocycles. The van der Waals surface area contributed by atoms with E-state index in [9.17, 15) is 0 Å². The van der Waals surface area contributed by atoms with Crippen molar-refractivity contribution >= 4 is 39.0 Å². The maximum Gasteiger partial charge on any atom is 0.135 e. The summed E-state index contributed by atoms with van der Waals surface area (Å²) < 4.78 is 6.27. The molecule has 0 unspecified atom stereocenters. The van der Waals surface area contributed by atoms with Gasteiger partial charge in [0.25, 0.3) is 0 Å².